The predicted molar refractivity (Wildman–Crippen MR) is 74.0 cm³/mol. The topological polar surface area (TPSA) is 78.4 Å². The molecule has 0 aromatic heterocycles. The number of carboxylic acid groups (broad SMARTS) is 1. The molecule has 1 rings (SSSR count). The van der Waals surface area contributed by atoms with E-state index >= 15 is 0 Å². The molecule has 0 unspecified atom stereocenters. The van der Waals surface area contributed by atoms with E-state index in [0.717, 1.165) is 19.3 Å². The van der Waals surface area contributed by atoms with E-state index in [-0.39, 0.29) is 17.9 Å². The van der Waals surface area contributed by atoms with Crippen molar-refractivity contribution in [2.45, 2.75) is 44.9 Å². The SMILES string of the molecule is C=CCC1(CNC(=O)NCCCC(=O)O)CCCC1. The highest BCUT2D eigenvalue weighted by Crippen LogP contribution is 2.40. The van der Waals surface area contributed by atoms with Crippen LogP contribution in [-0.2, 0) is 4.79 Å². The molecule has 5 nitrogen and oxygen atoms in total. The van der Waals surface area contributed by atoms with Crippen LogP contribution in [0.3, 0.4) is 0 Å². The fourth-order valence-electron chi connectivity index (χ4n) is 2.66. The molecule has 0 atom stereocenters. The van der Waals surface area contributed by atoms with Crippen LogP contribution in [-0.4, -0.2) is 30.2 Å². The molecule has 2 amide bonds. The third-order valence-corrected chi connectivity index (χ3v) is 3.72. The molecular weight excluding hydrogens is 244 g/mol. The number of rotatable bonds is 8. The van der Waals surface area contributed by atoms with Gasteiger partial charge in [0.25, 0.3) is 0 Å². The average molecular weight is 268 g/mol. The summed E-state index contributed by atoms with van der Waals surface area (Å²) < 4.78 is 0. The van der Waals surface area contributed by atoms with E-state index in [9.17, 15) is 9.59 Å². The summed E-state index contributed by atoms with van der Waals surface area (Å²) >= 11 is 0. The van der Waals surface area contributed by atoms with Crippen LogP contribution in [0.15, 0.2) is 12.7 Å². The van der Waals surface area contributed by atoms with E-state index in [2.05, 4.69) is 17.2 Å². The Kier molecular flexibility index (Phi) is 6.39. The first-order valence-electron chi connectivity index (χ1n) is 6.92. The Morgan fingerprint density at radius 3 is 2.53 bits per heavy atom. The van der Waals surface area contributed by atoms with E-state index in [1.54, 1.807) is 0 Å². The van der Waals surface area contributed by atoms with Crippen LogP contribution in [0, 0.1) is 5.41 Å². The summed E-state index contributed by atoms with van der Waals surface area (Å²) in [6.45, 7) is 4.86. The van der Waals surface area contributed by atoms with Crippen molar-refractivity contribution in [2.24, 2.45) is 5.41 Å². The monoisotopic (exact) mass is 268 g/mol. The summed E-state index contributed by atoms with van der Waals surface area (Å²) in [5.41, 5.74) is 0.181. The number of carboxylic acids is 1. The Hall–Kier alpha value is -1.52. The second kappa shape index (κ2) is 7.81. The fraction of sp³-hybridized carbons (Fsp3) is 0.714. The summed E-state index contributed by atoms with van der Waals surface area (Å²) in [6.07, 6.45) is 8.12. The van der Waals surface area contributed by atoms with Crippen molar-refractivity contribution in [3.8, 4) is 0 Å². The minimum atomic E-state index is -0.835. The van der Waals surface area contributed by atoms with Gasteiger partial charge < -0.3 is 15.7 Å². The van der Waals surface area contributed by atoms with Gasteiger partial charge in [0.15, 0.2) is 0 Å². The number of aliphatic carboxylic acids is 1. The molecule has 1 aliphatic rings. The molecule has 0 radical (unpaired) electrons. The predicted octanol–water partition coefficient (Wildman–Crippen LogP) is 2.29. The summed E-state index contributed by atoms with van der Waals surface area (Å²) in [5, 5.41) is 14.1. The maximum absolute atomic E-state index is 11.6. The Balaban J connectivity index is 2.21. The Bertz CT molecular complexity index is 323. The minimum Gasteiger partial charge on any atom is -0.481 e. The number of allylic oxidation sites excluding steroid dienone is 1. The van der Waals surface area contributed by atoms with Crippen LogP contribution in [0.4, 0.5) is 4.79 Å². The molecule has 0 aromatic carbocycles. The summed E-state index contributed by atoms with van der Waals surface area (Å²) in [6, 6.07) is -0.208. The van der Waals surface area contributed by atoms with Crippen LogP contribution < -0.4 is 10.6 Å². The van der Waals surface area contributed by atoms with Gasteiger partial charge in [-0.2, -0.15) is 0 Å². The van der Waals surface area contributed by atoms with Crippen molar-refractivity contribution < 1.29 is 14.7 Å². The van der Waals surface area contributed by atoms with Gasteiger partial charge in [-0.05, 0) is 31.1 Å². The van der Waals surface area contributed by atoms with Crippen LogP contribution >= 0.6 is 0 Å². The third-order valence-electron chi connectivity index (χ3n) is 3.72. The van der Waals surface area contributed by atoms with Gasteiger partial charge in [0, 0.05) is 19.5 Å². The number of carbonyl (C=O) groups excluding carboxylic acids is 1. The highest BCUT2D eigenvalue weighted by atomic mass is 16.4. The zero-order valence-electron chi connectivity index (χ0n) is 11.4. The minimum absolute atomic E-state index is 0.0840. The van der Waals surface area contributed by atoms with Crippen molar-refractivity contribution >= 4 is 12.0 Å². The molecule has 0 spiro atoms. The fourth-order valence-corrected chi connectivity index (χ4v) is 2.66. The first-order chi connectivity index (χ1) is 9.08. The van der Waals surface area contributed by atoms with E-state index in [0.29, 0.717) is 19.5 Å². The Morgan fingerprint density at radius 2 is 1.95 bits per heavy atom. The number of carbonyl (C=O) groups is 2. The zero-order valence-corrected chi connectivity index (χ0v) is 11.4. The van der Waals surface area contributed by atoms with Gasteiger partial charge >= 0.3 is 12.0 Å². The van der Waals surface area contributed by atoms with Gasteiger partial charge in [0.1, 0.15) is 0 Å². The number of urea groups is 1. The van der Waals surface area contributed by atoms with Crippen molar-refractivity contribution in [1.82, 2.24) is 10.6 Å². The zero-order chi connectivity index (χ0) is 14.1. The van der Waals surface area contributed by atoms with E-state index < -0.39 is 5.97 Å². The van der Waals surface area contributed by atoms with Gasteiger partial charge in [0.05, 0.1) is 0 Å². The van der Waals surface area contributed by atoms with Crippen LogP contribution in [0.2, 0.25) is 0 Å². The van der Waals surface area contributed by atoms with E-state index in [1.807, 2.05) is 6.08 Å². The van der Waals surface area contributed by atoms with Crippen molar-refractivity contribution in [1.29, 1.82) is 0 Å². The lowest BCUT2D eigenvalue weighted by atomic mass is 9.83. The standard InChI is InChI=1S/C14H24N2O3/c1-2-7-14(8-3-4-9-14)11-16-13(19)15-10-5-6-12(17)18/h2H,1,3-11H2,(H,17,18)(H2,15,16,19). The Morgan fingerprint density at radius 1 is 1.26 bits per heavy atom. The molecule has 5 heteroatoms. The molecule has 1 aliphatic carbocycles. The molecule has 1 fully saturated rings. The van der Waals surface area contributed by atoms with Crippen LogP contribution in [0.1, 0.15) is 44.9 Å². The number of hydrogen-bond donors (Lipinski definition) is 3. The number of nitrogens with one attached hydrogen (secondary N) is 2. The smallest absolute Gasteiger partial charge is 0.314 e. The lowest BCUT2D eigenvalue weighted by molar-refractivity contribution is -0.137. The molecule has 0 bridgehead atoms. The van der Waals surface area contributed by atoms with Gasteiger partial charge in [-0.15, -0.1) is 6.58 Å². The molecule has 1 saturated carbocycles. The van der Waals surface area contributed by atoms with Gasteiger partial charge in [-0.25, -0.2) is 4.79 Å². The highest BCUT2D eigenvalue weighted by Gasteiger charge is 2.32. The lowest BCUT2D eigenvalue weighted by Gasteiger charge is -2.27. The second-order valence-electron chi connectivity index (χ2n) is 5.31. The number of hydrogen-bond acceptors (Lipinski definition) is 2. The lowest BCUT2D eigenvalue weighted by Crippen LogP contribution is -2.42. The highest BCUT2D eigenvalue weighted by molar-refractivity contribution is 5.74. The molecule has 3 N–H and O–H groups in total. The molecular formula is C14H24N2O3. The first kappa shape index (κ1) is 15.5. The van der Waals surface area contributed by atoms with Crippen LogP contribution in [0.5, 0.6) is 0 Å². The number of amides is 2. The third kappa shape index (κ3) is 5.77. The van der Waals surface area contributed by atoms with E-state index in [1.165, 1.54) is 12.8 Å². The molecule has 0 aromatic rings. The van der Waals surface area contributed by atoms with Gasteiger partial charge in [-0.1, -0.05) is 18.9 Å². The maximum Gasteiger partial charge on any atom is 0.314 e. The molecule has 108 valence electrons. The summed E-state index contributed by atoms with van der Waals surface area (Å²) in [7, 11) is 0. The van der Waals surface area contributed by atoms with Crippen molar-refractivity contribution in [3.63, 3.8) is 0 Å². The van der Waals surface area contributed by atoms with Crippen molar-refractivity contribution in [3.05, 3.63) is 12.7 Å². The van der Waals surface area contributed by atoms with Crippen molar-refractivity contribution in [2.75, 3.05) is 13.1 Å². The summed E-state index contributed by atoms with van der Waals surface area (Å²) in [4.78, 5) is 21.9. The Labute approximate surface area is 114 Å². The quantitative estimate of drug-likeness (QED) is 0.467. The molecule has 19 heavy (non-hydrogen) atoms. The molecule has 0 aliphatic heterocycles. The van der Waals surface area contributed by atoms with Gasteiger partial charge in [0.2, 0.25) is 0 Å². The largest absolute Gasteiger partial charge is 0.481 e. The second-order valence-corrected chi connectivity index (χ2v) is 5.31. The maximum atomic E-state index is 11.6. The normalized spacial score (nSPS) is 16.8. The van der Waals surface area contributed by atoms with Crippen LogP contribution in [0.25, 0.3) is 0 Å². The summed E-state index contributed by atoms with van der Waals surface area (Å²) in [5.74, 6) is -0.835. The average Bonchev–Trinajstić information content (AvgIpc) is 2.82. The molecule has 0 heterocycles. The van der Waals surface area contributed by atoms with Gasteiger partial charge in [-0.3, -0.25) is 4.79 Å². The molecule has 0 saturated heterocycles. The van der Waals surface area contributed by atoms with E-state index in [4.69, 9.17) is 5.11 Å². The first-order valence-corrected chi connectivity index (χ1v) is 6.92.